The van der Waals surface area contributed by atoms with Crippen LogP contribution >= 0.6 is 0 Å². The number of amides is 1. The van der Waals surface area contributed by atoms with Gasteiger partial charge in [-0.3, -0.25) is 4.79 Å². The standard InChI is InChI=1S/C18H23N3O3/c1-21-10-9-19-17(21)16(14-5-3-4-6-15(14)23-2)20-18(22)13-7-11-24-12-8-13/h3-6,9-10,13,16H,7-8,11-12H2,1-2H3,(H,20,22). The topological polar surface area (TPSA) is 65.4 Å². The monoisotopic (exact) mass is 329 g/mol. The number of hydrogen-bond acceptors (Lipinski definition) is 4. The number of ether oxygens (including phenoxy) is 2. The van der Waals surface area contributed by atoms with Gasteiger partial charge >= 0.3 is 0 Å². The maximum absolute atomic E-state index is 12.7. The van der Waals surface area contributed by atoms with Crippen molar-refractivity contribution in [1.82, 2.24) is 14.9 Å². The van der Waals surface area contributed by atoms with Crippen molar-refractivity contribution in [3.8, 4) is 5.75 Å². The van der Waals surface area contributed by atoms with Crippen LogP contribution in [-0.2, 0) is 16.6 Å². The predicted molar refractivity (Wildman–Crippen MR) is 89.7 cm³/mol. The molecule has 3 rings (SSSR count). The lowest BCUT2D eigenvalue weighted by atomic mass is 9.97. The first-order valence-corrected chi connectivity index (χ1v) is 8.19. The van der Waals surface area contributed by atoms with Crippen LogP contribution in [0.5, 0.6) is 5.75 Å². The maximum Gasteiger partial charge on any atom is 0.224 e. The van der Waals surface area contributed by atoms with Gasteiger partial charge in [0.15, 0.2) is 0 Å². The molecule has 0 spiro atoms. The molecule has 2 aromatic rings. The van der Waals surface area contributed by atoms with E-state index in [2.05, 4.69) is 10.3 Å². The van der Waals surface area contributed by atoms with Gasteiger partial charge in [-0.2, -0.15) is 0 Å². The lowest BCUT2D eigenvalue weighted by molar-refractivity contribution is -0.128. The fourth-order valence-electron chi connectivity index (χ4n) is 3.06. The minimum Gasteiger partial charge on any atom is -0.496 e. The first-order valence-electron chi connectivity index (χ1n) is 8.19. The summed E-state index contributed by atoms with van der Waals surface area (Å²) in [6.07, 6.45) is 5.12. The highest BCUT2D eigenvalue weighted by Crippen LogP contribution is 2.29. The van der Waals surface area contributed by atoms with E-state index in [4.69, 9.17) is 9.47 Å². The van der Waals surface area contributed by atoms with E-state index < -0.39 is 0 Å². The highest BCUT2D eigenvalue weighted by molar-refractivity contribution is 5.79. The summed E-state index contributed by atoms with van der Waals surface area (Å²) in [5, 5.41) is 3.16. The highest BCUT2D eigenvalue weighted by atomic mass is 16.5. The van der Waals surface area contributed by atoms with E-state index in [9.17, 15) is 4.79 Å². The van der Waals surface area contributed by atoms with Crippen molar-refractivity contribution in [2.75, 3.05) is 20.3 Å². The molecular formula is C18H23N3O3. The lowest BCUT2D eigenvalue weighted by Gasteiger charge is -2.26. The minimum atomic E-state index is -0.350. The Hall–Kier alpha value is -2.34. The third-order valence-corrected chi connectivity index (χ3v) is 4.45. The Morgan fingerprint density at radius 3 is 2.79 bits per heavy atom. The molecule has 0 bridgehead atoms. The van der Waals surface area contributed by atoms with Gasteiger partial charge in [0.1, 0.15) is 17.6 Å². The molecule has 0 radical (unpaired) electrons. The third kappa shape index (κ3) is 3.43. The van der Waals surface area contributed by atoms with Crippen LogP contribution in [0, 0.1) is 5.92 Å². The predicted octanol–water partition coefficient (Wildman–Crippen LogP) is 2.06. The Balaban J connectivity index is 1.91. The number of carbonyl (C=O) groups excluding carboxylic acids is 1. The summed E-state index contributed by atoms with van der Waals surface area (Å²) in [6.45, 7) is 1.28. The number of nitrogens with one attached hydrogen (secondary N) is 1. The van der Waals surface area contributed by atoms with Gasteiger partial charge in [-0.1, -0.05) is 18.2 Å². The van der Waals surface area contributed by atoms with E-state index in [0.29, 0.717) is 13.2 Å². The molecule has 1 amide bonds. The summed E-state index contributed by atoms with van der Waals surface area (Å²) in [6, 6.07) is 7.36. The molecule has 6 nitrogen and oxygen atoms in total. The second-order valence-corrected chi connectivity index (χ2v) is 5.97. The van der Waals surface area contributed by atoms with Crippen molar-refractivity contribution < 1.29 is 14.3 Å². The van der Waals surface area contributed by atoms with Crippen LogP contribution in [0.4, 0.5) is 0 Å². The fourth-order valence-corrected chi connectivity index (χ4v) is 3.06. The van der Waals surface area contributed by atoms with E-state index in [0.717, 1.165) is 30.0 Å². The number of para-hydroxylation sites is 1. The van der Waals surface area contributed by atoms with E-state index in [1.165, 1.54) is 0 Å². The van der Waals surface area contributed by atoms with E-state index in [1.54, 1.807) is 13.3 Å². The van der Waals surface area contributed by atoms with Crippen molar-refractivity contribution >= 4 is 5.91 Å². The molecule has 24 heavy (non-hydrogen) atoms. The van der Waals surface area contributed by atoms with Crippen LogP contribution in [0.25, 0.3) is 0 Å². The zero-order valence-corrected chi connectivity index (χ0v) is 14.1. The maximum atomic E-state index is 12.7. The van der Waals surface area contributed by atoms with Crippen LogP contribution in [-0.4, -0.2) is 35.8 Å². The molecule has 0 aliphatic carbocycles. The molecular weight excluding hydrogens is 306 g/mol. The van der Waals surface area contributed by atoms with Crippen LogP contribution in [0.15, 0.2) is 36.7 Å². The number of carbonyl (C=O) groups is 1. The molecule has 1 aromatic carbocycles. The van der Waals surface area contributed by atoms with Gasteiger partial charge < -0.3 is 19.4 Å². The Bertz CT molecular complexity index is 692. The fraction of sp³-hybridized carbons (Fsp3) is 0.444. The number of rotatable bonds is 5. The first-order chi connectivity index (χ1) is 11.7. The summed E-state index contributed by atoms with van der Waals surface area (Å²) in [7, 11) is 3.56. The minimum absolute atomic E-state index is 0.0174. The molecule has 1 atom stereocenters. The zero-order valence-electron chi connectivity index (χ0n) is 14.1. The normalized spacial score (nSPS) is 16.6. The average Bonchev–Trinajstić information content (AvgIpc) is 3.06. The summed E-state index contributed by atoms with van der Waals surface area (Å²) in [5.41, 5.74) is 0.898. The lowest BCUT2D eigenvalue weighted by Crippen LogP contribution is -2.38. The number of nitrogens with zero attached hydrogens (tertiary/aromatic N) is 2. The molecule has 6 heteroatoms. The molecule has 1 N–H and O–H groups in total. The van der Waals surface area contributed by atoms with Crippen molar-refractivity contribution in [3.63, 3.8) is 0 Å². The second kappa shape index (κ2) is 7.49. The molecule has 1 aliphatic rings. The molecule has 1 unspecified atom stereocenters. The number of methoxy groups -OCH3 is 1. The SMILES string of the molecule is COc1ccccc1C(NC(=O)C1CCOCC1)c1nccn1C. The first kappa shape index (κ1) is 16.5. The van der Waals surface area contributed by atoms with Crippen molar-refractivity contribution in [2.24, 2.45) is 13.0 Å². The van der Waals surface area contributed by atoms with Gasteiger partial charge in [-0.05, 0) is 18.9 Å². The number of benzene rings is 1. The molecule has 0 saturated carbocycles. The van der Waals surface area contributed by atoms with Crippen LogP contribution < -0.4 is 10.1 Å². The molecule has 128 valence electrons. The van der Waals surface area contributed by atoms with E-state index in [1.807, 2.05) is 42.1 Å². The van der Waals surface area contributed by atoms with Crippen LogP contribution in [0.3, 0.4) is 0 Å². The number of hydrogen-bond donors (Lipinski definition) is 1. The Morgan fingerprint density at radius 2 is 2.12 bits per heavy atom. The van der Waals surface area contributed by atoms with Crippen molar-refractivity contribution in [3.05, 3.63) is 48.0 Å². The number of aromatic nitrogens is 2. The molecule has 1 aliphatic heterocycles. The van der Waals surface area contributed by atoms with Gasteiger partial charge in [0.25, 0.3) is 0 Å². The number of aryl methyl sites for hydroxylation is 1. The summed E-state index contributed by atoms with van der Waals surface area (Å²) < 4.78 is 12.8. The van der Waals surface area contributed by atoms with Gasteiger partial charge in [-0.15, -0.1) is 0 Å². The van der Waals surface area contributed by atoms with Gasteiger partial charge in [-0.25, -0.2) is 4.98 Å². The highest BCUT2D eigenvalue weighted by Gasteiger charge is 2.28. The third-order valence-electron chi connectivity index (χ3n) is 4.45. The molecule has 1 saturated heterocycles. The van der Waals surface area contributed by atoms with Crippen molar-refractivity contribution in [1.29, 1.82) is 0 Å². The van der Waals surface area contributed by atoms with Crippen LogP contribution in [0.1, 0.15) is 30.3 Å². The van der Waals surface area contributed by atoms with E-state index in [-0.39, 0.29) is 17.9 Å². The van der Waals surface area contributed by atoms with E-state index >= 15 is 0 Å². The van der Waals surface area contributed by atoms with Gasteiger partial charge in [0.2, 0.25) is 5.91 Å². The largest absolute Gasteiger partial charge is 0.496 e. The Labute approximate surface area is 141 Å². The van der Waals surface area contributed by atoms with Gasteiger partial charge in [0.05, 0.1) is 7.11 Å². The molecule has 1 aromatic heterocycles. The average molecular weight is 329 g/mol. The quantitative estimate of drug-likeness (QED) is 0.912. The molecule has 2 heterocycles. The summed E-state index contributed by atoms with van der Waals surface area (Å²) >= 11 is 0. The zero-order chi connectivity index (χ0) is 16.9. The van der Waals surface area contributed by atoms with Crippen LogP contribution in [0.2, 0.25) is 0 Å². The molecule has 1 fully saturated rings. The van der Waals surface area contributed by atoms with Gasteiger partial charge in [0, 0.05) is 44.1 Å². The Kier molecular flexibility index (Phi) is 5.15. The smallest absolute Gasteiger partial charge is 0.224 e. The summed E-state index contributed by atoms with van der Waals surface area (Å²) in [4.78, 5) is 17.2. The Morgan fingerprint density at radius 1 is 1.38 bits per heavy atom. The second-order valence-electron chi connectivity index (χ2n) is 5.97. The summed E-state index contributed by atoms with van der Waals surface area (Å²) in [5.74, 6) is 1.53. The van der Waals surface area contributed by atoms with Crippen molar-refractivity contribution in [2.45, 2.75) is 18.9 Å². The number of imidazole rings is 1.